The van der Waals surface area contributed by atoms with E-state index in [1.165, 1.54) is 6.42 Å². The summed E-state index contributed by atoms with van der Waals surface area (Å²) in [6.45, 7) is 1.08. The van der Waals surface area contributed by atoms with Crippen LogP contribution in [0.5, 0.6) is 0 Å². The molecule has 0 amide bonds. The Labute approximate surface area is 72.2 Å². The summed E-state index contributed by atoms with van der Waals surface area (Å²) in [5.74, 6) is 0.0691. The van der Waals surface area contributed by atoms with Gasteiger partial charge in [-0.2, -0.15) is 0 Å². The van der Waals surface area contributed by atoms with Crippen molar-refractivity contribution in [3.63, 3.8) is 0 Å². The van der Waals surface area contributed by atoms with Gasteiger partial charge in [0.25, 0.3) is 0 Å². The molecule has 2 fully saturated rings. The lowest BCUT2D eigenvalue weighted by Crippen LogP contribution is -2.36. The van der Waals surface area contributed by atoms with Crippen LogP contribution in [-0.2, 0) is 4.79 Å². The van der Waals surface area contributed by atoms with Gasteiger partial charge in [-0.05, 0) is 38.1 Å². The van der Waals surface area contributed by atoms with Crippen molar-refractivity contribution in [1.82, 2.24) is 5.32 Å². The zero-order chi connectivity index (χ0) is 8.55. The second-order valence-corrected chi connectivity index (χ2v) is 3.96. The molecule has 2 N–H and O–H groups in total. The van der Waals surface area contributed by atoms with Crippen molar-refractivity contribution in [2.24, 2.45) is 11.8 Å². The number of aliphatic carboxylic acids is 1. The van der Waals surface area contributed by atoms with Crippen molar-refractivity contribution in [3.05, 3.63) is 0 Å². The molecular weight excluding hydrogens is 154 g/mol. The summed E-state index contributed by atoms with van der Waals surface area (Å²) in [4.78, 5) is 10.7. The number of carboxylic acids is 1. The molecule has 0 aromatic rings. The lowest BCUT2D eigenvalue weighted by molar-refractivity contribution is -0.143. The van der Waals surface area contributed by atoms with Gasteiger partial charge in [0, 0.05) is 6.04 Å². The third-order valence-corrected chi connectivity index (χ3v) is 3.26. The zero-order valence-corrected chi connectivity index (χ0v) is 7.12. The van der Waals surface area contributed by atoms with Gasteiger partial charge in [-0.3, -0.25) is 4.79 Å². The Kier molecular flexibility index (Phi) is 2.05. The first-order valence-corrected chi connectivity index (χ1v) is 4.73. The average molecular weight is 169 g/mol. The Morgan fingerprint density at radius 2 is 2.17 bits per heavy atom. The Bertz CT molecular complexity index is 193. The van der Waals surface area contributed by atoms with Crippen molar-refractivity contribution in [2.45, 2.75) is 31.7 Å². The number of nitrogens with one attached hydrogen (secondary N) is 1. The molecule has 1 saturated heterocycles. The van der Waals surface area contributed by atoms with Crippen LogP contribution in [0, 0.1) is 11.8 Å². The van der Waals surface area contributed by atoms with Gasteiger partial charge >= 0.3 is 5.97 Å². The van der Waals surface area contributed by atoms with Crippen LogP contribution in [0.15, 0.2) is 0 Å². The van der Waals surface area contributed by atoms with Crippen LogP contribution in [0.2, 0.25) is 0 Å². The molecule has 1 heterocycles. The summed E-state index contributed by atoms with van der Waals surface area (Å²) >= 11 is 0. The van der Waals surface area contributed by atoms with Gasteiger partial charge in [0.05, 0.1) is 5.92 Å². The van der Waals surface area contributed by atoms with E-state index in [1.807, 2.05) is 0 Å². The van der Waals surface area contributed by atoms with Crippen LogP contribution in [0.1, 0.15) is 25.7 Å². The molecular formula is C9H15NO2. The van der Waals surface area contributed by atoms with E-state index in [-0.39, 0.29) is 5.92 Å². The van der Waals surface area contributed by atoms with E-state index in [0.29, 0.717) is 6.04 Å². The van der Waals surface area contributed by atoms with Gasteiger partial charge in [0.2, 0.25) is 0 Å². The molecule has 0 radical (unpaired) electrons. The average Bonchev–Trinajstić information content (AvgIpc) is 2.49. The Hall–Kier alpha value is -0.570. The molecule has 2 aliphatic rings. The molecule has 3 heteroatoms. The maximum atomic E-state index is 10.7. The highest BCUT2D eigenvalue weighted by atomic mass is 16.4. The van der Waals surface area contributed by atoms with Crippen molar-refractivity contribution in [2.75, 3.05) is 6.54 Å². The predicted octanol–water partition coefficient (Wildman–Crippen LogP) is 0.849. The Morgan fingerprint density at radius 3 is 2.92 bits per heavy atom. The smallest absolute Gasteiger partial charge is 0.306 e. The molecule has 3 atom stereocenters. The van der Waals surface area contributed by atoms with Gasteiger partial charge in [-0.15, -0.1) is 0 Å². The third-order valence-electron chi connectivity index (χ3n) is 3.26. The molecule has 0 bridgehead atoms. The molecule has 2 rings (SSSR count). The third kappa shape index (κ3) is 1.33. The summed E-state index contributed by atoms with van der Waals surface area (Å²) in [6.07, 6.45) is 4.09. The number of carbonyl (C=O) groups is 1. The quantitative estimate of drug-likeness (QED) is 0.611. The molecule has 12 heavy (non-hydrogen) atoms. The van der Waals surface area contributed by atoms with Crippen molar-refractivity contribution in [1.29, 1.82) is 0 Å². The molecule has 0 spiro atoms. The lowest BCUT2D eigenvalue weighted by atomic mass is 9.79. The SMILES string of the molecule is O=C(O)C1CC[C@@H]2CCN[C@@H]2C1. The number of fused-ring (bicyclic) bond motifs is 1. The summed E-state index contributed by atoms with van der Waals surface area (Å²) in [5, 5.41) is 12.2. The van der Waals surface area contributed by atoms with Gasteiger partial charge in [0.1, 0.15) is 0 Å². The number of carboxylic acid groups (broad SMARTS) is 1. The summed E-state index contributed by atoms with van der Waals surface area (Å²) < 4.78 is 0. The fourth-order valence-corrected chi connectivity index (χ4v) is 2.51. The largest absolute Gasteiger partial charge is 0.481 e. The predicted molar refractivity (Wildman–Crippen MR) is 44.9 cm³/mol. The summed E-state index contributed by atoms with van der Waals surface area (Å²) in [5.41, 5.74) is 0. The van der Waals surface area contributed by atoms with Crippen LogP contribution < -0.4 is 5.32 Å². The van der Waals surface area contributed by atoms with Gasteiger partial charge < -0.3 is 10.4 Å². The minimum atomic E-state index is -0.609. The minimum Gasteiger partial charge on any atom is -0.481 e. The number of hydrogen-bond acceptors (Lipinski definition) is 2. The summed E-state index contributed by atoms with van der Waals surface area (Å²) in [7, 11) is 0. The highest BCUT2D eigenvalue weighted by molar-refractivity contribution is 5.70. The van der Waals surface area contributed by atoms with E-state index in [4.69, 9.17) is 5.11 Å². The number of rotatable bonds is 1. The van der Waals surface area contributed by atoms with Crippen LogP contribution in [0.4, 0.5) is 0 Å². The van der Waals surface area contributed by atoms with E-state index in [1.54, 1.807) is 0 Å². The second-order valence-electron chi connectivity index (χ2n) is 3.96. The second kappa shape index (κ2) is 3.05. The lowest BCUT2D eigenvalue weighted by Gasteiger charge is -2.29. The van der Waals surface area contributed by atoms with E-state index < -0.39 is 5.97 Å². The van der Waals surface area contributed by atoms with Gasteiger partial charge in [-0.1, -0.05) is 0 Å². The first-order valence-electron chi connectivity index (χ1n) is 4.73. The van der Waals surface area contributed by atoms with Gasteiger partial charge in [0.15, 0.2) is 0 Å². The molecule has 68 valence electrons. The Morgan fingerprint density at radius 1 is 1.33 bits per heavy atom. The molecule has 1 unspecified atom stereocenters. The monoisotopic (exact) mass is 169 g/mol. The van der Waals surface area contributed by atoms with Gasteiger partial charge in [-0.25, -0.2) is 0 Å². The molecule has 1 saturated carbocycles. The molecule has 1 aliphatic heterocycles. The number of hydrogen-bond donors (Lipinski definition) is 2. The van der Waals surface area contributed by atoms with Crippen molar-refractivity contribution < 1.29 is 9.90 Å². The maximum Gasteiger partial charge on any atom is 0.306 e. The fourth-order valence-electron chi connectivity index (χ4n) is 2.51. The molecule has 0 aromatic heterocycles. The van der Waals surface area contributed by atoms with Crippen LogP contribution in [0.25, 0.3) is 0 Å². The molecule has 1 aliphatic carbocycles. The highest BCUT2D eigenvalue weighted by Crippen LogP contribution is 2.33. The first kappa shape index (κ1) is 8.05. The molecule has 0 aromatic carbocycles. The van der Waals surface area contributed by atoms with E-state index in [9.17, 15) is 4.79 Å². The normalized spacial score (nSPS) is 40.8. The van der Waals surface area contributed by atoms with Crippen molar-refractivity contribution >= 4 is 5.97 Å². The molecule has 3 nitrogen and oxygen atoms in total. The van der Waals surface area contributed by atoms with Crippen LogP contribution in [-0.4, -0.2) is 23.7 Å². The van der Waals surface area contributed by atoms with Crippen LogP contribution >= 0.6 is 0 Å². The van der Waals surface area contributed by atoms with Crippen molar-refractivity contribution in [3.8, 4) is 0 Å². The van der Waals surface area contributed by atoms with Crippen LogP contribution in [0.3, 0.4) is 0 Å². The summed E-state index contributed by atoms with van der Waals surface area (Å²) in [6, 6.07) is 0.500. The standard InChI is InChI=1S/C9H15NO2/c11-9(12)7-2-1-6-3-4-10-8(6)5-7/h6-8,10H,1-5H2,(H,11,12)/t6-,7?,8-/m1/s1. The van der Waals surface area contributed by atoms with E-state index in [2.05, 4.69) is 5.32 Å². The highest BCUT2D eigenvalue weighted by Gasteiger charge is 2.35. The van der Waals surface area contributed by atoms with E-state index in [0.717, 1.165) is 31.7 Å². The first-order chi connectivity index (χ1) is 5.77. The Balaban J connectivity index is 1.96. The topological polar surface area (TPSA) is 49.3 Å². The maximum absolute atomic E-state index is 10.7. The fraction of sp³-hybridized carbons (Fsp3) is 0.889. The van der Waals surface area contributed by atoms with E-state index >= 15 is 0 Å². The zero-order valence-electron chi connectivity index (χ0n) is 7.12. The minimum absolute atomic E-state index is 0.0863.